The van der Waals surface area contributed by atoms with Crippen molar-refractivity contribution in [3.63, 3.8) is 0 Å². The molecule has 0 aromatic heterocycles. The Labute approximate surface area is 161 Å². The Morgan fingerprint density at radius 2 is 1.78 bits per heavy atom. The average Bonchev–Trinajstić information content (AvgIpc) is 3.56. The Bertz CT molecular complexity index is 662. The van der Waals surface area contributed by atoms with E-state index in [4.69, 9.17) is 4.74 Å². The van der Waals surface area contributed by atoms with E-state index in [-0.39, 0.29) is 17.9 Å². The highest BCUT2D eigenvalue weighted by atomic mass is 16.5. The molecule has 27 heavy (non-hydrogen) atoms. The van der Waals surface area contributed by atoms with Crippen molar-refractivity contribution in [1.82, 2.24) is 14.7 Å². The first-order valence-corrected chi connectivity index (χ1v) is 10.2. The molecule has 2 heterocycles. The molecule has 1 aliphatic carbocycles. The Hall–Kier alpha value is -1.92. The van der Waals surface area contributed by atoms with Gasteiger partial charge in [-0.15, -0.1) is 0 Å². The Kier molecular flexibility index (Phi) is 5.74. The summed E-state index contributed by atoms with van der Waals surface area (Å²) < 4.78 is 5.93. The van der Waals surface area contributed by atoms with Crippen LogP contribution in [-0.4, -0.2) is 85.0 Å². The number of nitrogens with zero attached hydrogens (tertiary/aromatic N) is 3. The smallest absolute Gasteiger partial charge is 0.253 e. The normalized spacial score (nSPS) is 24.5. The third kappa shape index (κ3) is 4.68. The van der Waals surface area contributed by atoms with Gasteiger partial charge in [-0.2, -0.15) is 0 Å². The summed E-state index contributed by atoms with van der Waals surface area (Å²) in [7, 11) is 0. The summed E-state index contributed by atoms with van der Waals surface area (Å²) in [5.74, 6) is 0.714. The van der Waals surface area contributed by atoms with Crippen molar-refractivity contribution in [3.8, 4) is 0 Å². The Balaban J connectivity index is 1.28. The quantitative estimate of drug-likeness (QED) is 0.804. The number of hydrogen-bond acceptors (Lipinski definition) is 4. The molecule has 0 radical (unpaired) electrons. The van der Waals surface area contributed by atoms with Gasteiger partial charge in [-0.3, -0.25) is 14.5 Å². The zero-order chi connectivity index (χ0) is 18.6. The van der Waals surface area contributed by atoms with Crippen LogP contribution in [0, 0.1) is 5.92 Å². The number of carbonyl (C=O) groups is 2. The lowest BCUT2D eigenvalue weighted by Crippen LogP contribution is -2.50. The molecule has 0 spiro atoms. The Morgan fingerprint density at radius 3 is 2.56 bits per heavy atom. The number of ether oxygens (including phenoxy) is 1. The van der Waals surface area contributed by atoms with Crippen molar-refractivity contribution in [2.24, 2.45) is 5.92 Å². The minimum absolute atomic E-state index is 0.0813. The number of carbonyl (C=O) groups excluding carboxylic acids is 2. The maximum absolute atomic E-state index is 12.7. The molecular weight excluding hydrogens is 342 g/mol. The highest BCUT2D eigenvalue weighted by molar-refractivity contribution is 5.94. The molecule has 1 saturated carbocycles. The van der Waals surface area contributed by atoms with Gasteiger partial charge in [0.25, 0.3) is 5.91 Å². The fraction of sp³-hybridized carbons (Fsp3) is 0.619. The van der Waals surface area contributed by atoms with Gasteiger partial charge in [0, 0.05) is 50.7 Å². The van der Waals surface area contributed by atoms with Crippen LogP contribution in [0.5, 0.6) is 0 Å². The topological polar surface area (TPSA) is 53.1 Å². The largest absolute Gasteiger partial charge is 0.373 e. The number of amides is 2. The standard InChI is InChI=1S/C21H29N3O3/c25-20(17-5-2-1-3-6-17)23-10-4-9-22(11-12-23)15-19-16-24(13-14-27-19)21(26)18-7-8-18/h1-3,5-6,18-19H,4,7-16H2. The predicted molar refractivity (Wildman–Crippen MR) is 102 cm³/mol. The molecule has 3 aliphatic rings. The molecule has 2 amide bonds. The second-order valence-corrected chi connectivity index (χ2v) is 7.86. The molecule has 0 bridgehead atoms. The van der Waals surface area contributed by atoms with E-state index in [0.717, 1.165) is 64.1 Å². The van der Waals surface area contributed by atoms with Gasteiger partial charge in [0.15, 0.2) is 0 Å². The van der Waals surface area contributed by atoms with E-state index in [1.807, 2.05) is 40.1 Å². The minimum Gasteiger partial charge on any atom is -0.373 e. The summed E-state index contributed by atoms with van der Waals surface area (Å²) >= 11 is 0. The second kappa shape index (κ2) is 8.40. The Morgan fingerprint density at radius 1 is 0.963 bits per heavy atom. The van der Waals surface area contributed by atoms with Crippen molar-refractivity contribution in [2.45, 2.75) is 25.4 Å². The number of morpholine rings is 1. The van der Waals surface area contributed by atoms with E-state index in [2.05, 4.69) is 4.90 Å². The molecule has 3 fully saturated rings. The lowest BCUT2D eigenvalue weighted by atomic mass is 10.2. The molecule has 2 saturated heterocycles. The van der Waals surface area contributed by atoms with E-state index in [1.165, 1.54) is 0 Å². The van der Waals surface area contributed by atoms with Crippen LogP contribution in [-0.2, 0) is 9.53 Å². The zero-order valence-corrected chi connectivity index (χ0v) is 15.9. The highest BCUT2D eigenvalue weighted by Gasteiger charge is 2.36. The molecular formula is C21H29N3O3. The van der Waals surface area contributed by atoms with E-state index in [0.29, 0.717) is 19.1 Å². The maximum Gasteiger partial charge on any atom is 0.253 e. The molecule has 1 atom stereocenters. The number of benzene rings is 1. The summed E-state index contributed by atoms with van der Waals surface area (Å²) in [5, 5.41) is 0. The lowest BCUT2D eigenvalue weighted by Gasteiger charge is -2.35. The molecule has 6 heteroatoms. The van der Waals surface area contributed by atoms with E-state index in [9.17, 15) is 9.59 Å². The van der Waals surface area contributed by atoms with Gasteiger partial charge in [0.1, 0.15) is 0 Å². The third-order valence-electron chi connectivity index (χ3n) is 5.74. The van der Waals surface area contributed by atoms with Gasteiger partial charge in [-0.05, 0) is 37.9 Å². The summed E-state index contributed by atoms with van der Waals surface area (Å²) in [6.45, 7) is 6.26. The minimum atomic E-state index is 0.0813. The van der Waals surface area contributed by atoms with Crippen molar-refractivity contribution >= 4 is 11.8 Å². The predicted octanol–water partition coefficient (Wildman–Crippen LogP) is 1.47. The van der Waals surface area contributed by atoms with Crippen LogP contribution in [0.1, 0.15) is 29.6 Å². The molecule has 6 nitrogen and oxygen atoms in total. The van der Waals surface area contributed by atoms with E-state index >= 15 is 0 Å². The molecule has 1 aromatic rings. The average molecular weight is 371 g/mol. The van der Waals surface area contributed by atoms with Crippen molar-refractivity contribution in [2.75, 3.05) is 52.4 Å². The van der Waals surface area contributed by atoms with Crippen LogP contribution >= 0.6 is 0 Å². The first-order valence-electron chi connectivity index (χ1n) is 10.2. The second-order valence-electron chi connectivity index (χ2n) is 7.86. The fourth-order valence-electron chi connectivity index (χ4n) is 4.03. The summed E-state index contributed by atoms with van der Waals surface area (Å²) in [5.41, 5.74) is 0.760. The lowest BCUT2D eigenvalue weighted by molar-refractivity contribution is -0.140. The van der Waals surface area contributed by atoms with Crippen LogP contribution < -0.4 is 0 Å². The molecule has 146 valence electrons. The summed E-state index contributed by atoms with van der Waals surface area (Å²) in [6, 6.07) is 9.51. The van der Waals surface area contributed by atoms with Crippen LogP contribution in [0.15, 0.2) is 30.3 Å². The SMILES string of the molecule is O=C(c1ccccc1)N1CCCN(CC2CN(C(=O)C3CC3)CCO2)CC1. The zero-order valence-electron chi connectivity index (χ0n) is 15.9. The summed E-state index contributed by atoms with van der Waals surface area (Å²) in [4.78, 5) is 31.3. The van der Waals surface area contributed by atoms with Gasteiger partial charge >= 0.3 is 0 Å². The van der Waals surface area contributed by atoms with Crippen molar-refractivity contribution in [3.05, 3.63) is 35.9 Å². The molecule has 4 rings (SSSR count). The summed E-state index contributed by atoms with van der Waals surface area (Å²) in [6.07, 6.45) is 3.16. The number of hydrogen-bond donors (Lipinski definition) is 0. The molecule has 0 N–H and O–H groups in total. The molecule has 2 aliphatic heterocycles. The van der Waals surface area contributed by atoms with Gasteiger partial charge in [-0.25, -0.2) is 0 Å². The van der Waals surface area contributed by atoms with Crippen molar-refractivity contribution < 1.29 is 14.3 Å². The molecule has 1 aromatic carbocycles. The van der Waals surface area contributed by atoms with Crippen LogP contribution in [0.4, 0.5) is 0 Å². The fourth-order valence-corrected chi connectivity index (χ4v) is 4.03. The van der Waals surface area contributed by atoms with Crippen LogP contribution in [0.25, 0.3) is 0 Å². The van der Waals surface area contributed by atoms with Gasteiger partial charge in [-0.1, -0.05) is 18.2 Å². The first kappa shape index (κ1) is 18.4. The van der Waals surface area contributed by atoms with Gasteiger partial charge < -0.3 is 14.5 Å². The van der Waals surface area contributed by atoms with Crippen LogP contribution in [0.2, 0.25) is 0 Å². The van der Waals surface area contributed by atoms with Gasteiger partial charge in [0.2, 0.25) is 5.91 Å². The first-order chi connectivity index (χ1) is 13.2. The number of rotatable bonds is 4. The van der Waals surface area contributed by atoms with E-state index < -0.39 is 0 Å². The van der Waals surface area contributed by atoms with Crippen molar-refractivity contribution in [1.29, 1.82) is 0 Å². The van der Waals surface area contributed by atoms with Crippen LogP contribution in [0.3, 0.4) is 0 Å². The van der Waals surface area contributed by atoms with Gasteiger partial charge in [0.05, 0.1) is 12.7 Å². The highest BCUT2D eigenvalue weighted by Crippen LogP contribution is 2.31. The maximum atomic E-state index is 12.7. The molecule has 1 unspecified atom stereocenters. The van der Waals surface area contributed by atoms with E-state index in [1.54, 1.807) is 0 Å². The third-order valence-corrected chi connectivity index (χ3v) is 5.74. The monoisotopic (exact) mass is 371 g/mol.